The highest BCUT2D eigenvalue weighted by atomic mass is 16.6. The molecule has 10 heteroatoms. The van der Waals surface area contributed by atoms with Gasteiger partial charge < -0.3 is 15.4 Å². The monoisotopic (exact) mass is 392 g/mol. The average molecular weight is 392 g/mol. The summed E-state index contributed by atoms with van der Waals surface area (Å²) in [6.07, 6.45) is 1.21. The first-order chi connectivity index (χ1) is 13.1. The maximum atomic E-state index is 12.7. The summed E-state index contributed by atoms with van der Waals surface area (Å²) in [7, 11) is 1.36. The van der Waals surface area contributed by atoms with Gasteiger partial charge in [-0.05, 0) is 31.7 Å². The maximum Gasteiger partial charge on any atom is 0.325 e. The van der Waals surface area contributed by atoms with Crippen LogP contribution in [0.5, 0.6) is 5.75 Å². The Morgan fingerprint density at radius 3 is 2.64 bits per heavy atom. The predicted molar refractivity (Wildman–Crippen MR) is 101 cm³/mol. The molecule has 0 spiro atoms. The third-order valence-electron chi connectivity index (χ3n) is 4.54. The van der Waals surface area contributed by atoms with Crippen LogP contribution in [0.15, 0.2) is 18.2 Å². The van der Waals surface area contributed by atoms with Crippen molar-refractivity contribution >= 4 is 29.2 Å². The van der Waals surface area contributed by atoms with Gasteiger partial charge in [-0.15, -0.1) is 0 Å². The van der Waals surface area contributed by atoms with E-state index in [1.54, 1.807) is 6.92 Å². The van der Waals surface area contributed by atoms with Crippen LogP contribution in [0.2, 0.25) is 0 Å². The lowest BCUT2D eigenvalue weighted by atomic mass is 9.92. The Hall–Kier alpha value is -3.17. The normalized spacial score (nSPS) is 19.0. The molecule has 10 nitrogen and oxygen atoms in total. The van der Waals surface area contributed by atoms with Crippen molar-refractivity contribution in [1.82, 2.24) is 10.2 Å². The average Bonchev–Trinajstić information content (AvgIpc) is 2.83. The van der Waals surface area contributed by atoms with Gasteiger partial charge in [0.15, 0.2) is 0 Å². The Labute approximate surface area is 162 Å². The molecule has 1 aromatic carbocycles. The standard InChI is InChI=1S/C18H24N4O6/c1-11(2)7-8-18(3)16(24)21(17(25)20-18)10-15(23)19-13-9-12(22(26)27)5-6-14(13)28-4/h5-6,9,11H,7-8,10H2,1-4H3,(H,19,23)(H,20,25). The highest BCUT2D eigenvalue weighted by Gasteiger charge is 2.47. The van der Waals surface area contributed by atoms with E-state index in [2.05, 4.69) is 10.6 Å². The Bertz CT molecular complexity index is 809. The number of nitro groups is 1. The van der Waals surface area contributed by atoms with Gasteiger partial charge in [0.25, 0.3) is 11.6 Å². The molecule has 0 saturated carbocycles. The number of anilines is 1. The zero-order valence-corrected chi connectivity index (χ0v) is 16.3. The summed E-state index contributed by atoms with van der Waals surface area (Å²) in [6.45, 7) is 5.16. The predicted octanol–water partition coefficient (Wildman–Crippen LogP) is 2.29. The number of carbonyl (C=O) groups is 3. The lowest BCUT2D eigenvalue weighted by Crippen LogP contribution is -2.44. The first-order valence-corrected chi connectivity index (χ1v) is 8.84. The molecular formula is C18H24N4O6. The Balaban J connectivity index is 2.11. The fourth-order valence-corrected chi connectivity index (χ4v) is 2.88. The van der Waals surface area contributed by atoms with Gasteiger partial charge >= 0.3 is 6.03 Å². The van der Waals surface area contributed by atoms with Crippen LogP contribution in [0.1, 0.15) is 33.6 Å². The van der Waals surface area contributed by atoms with Crippen molar-refractivity contribution in [2.45, 2.75) is 39.2 Å². The molecule has 28 heavy (non-hydrogen) atoms. The van der Waals surface area contributed by atoms with E-state index < -0.39 is 34.9 Å². The lowest BCUT2D eigenvalue weighted by Gasteiger charge is -2.22. The summed E-state index contributed by atoms with van der Waals surface area (Å²) < 4.78 is 5.08. The van der Waals surface area contributed by atoms with Gasteiger partial charge in [0.2, 0.25) is 5.91 Å². The minimum atomic E-state index is -1.05. The van der Waals surface area contributed by atoms with Crippen LogP contribution >= 0.6 is 0 Å². The smallest absolute Gasteiger partial charge is 0.325 e. The third-order valence-corrected chi connectivity index (χ3v) is 4.54. The Morgan fingerprint density at radius 1 is 1.39 bits per heavy atom. The van der Waals surface area contributed by atoms with Gasteiger partial charge in [0.05, 0.1) is 17.7 Å². The quantitative estimate of drug-likeness (QED) is 0.396. The number of amides is 4. The number of methoxy groups -OCH3 is 1. The van der Waals surface area contributed by atoms with Crippen molar-refractivity contribution < 1.29 is 24.0 Å². The summed E-state index contributed by atoms with van der Waals surface area (Å²) in [5.41, 5.74) is -1.20. The molecule has 1 saturated heterocycles. The fourth-order valence-electron chi connectivity index (χ4n) is 2.88. The minimum absolute atomic E-state index is 0.0799. The molecule has 2 N–H and O–H groups in total. The van der Waals surface area contributed by atoms with Gasteiger partial charge in [-0.1, -0.05) is 13.8 Å². The third kappa shape index (κ3) is 4.56. The van der Waals surface area contributed by atoms with Crippen molar-refractivity contribution in [2.75, 3.05) is 19.0 Å². The van der Waals surface area contributed by atoms with Gasteiger partial charge in [0.1, 0.15) is 17.8 Å². The lowest BCUT2D eigenvalue weighted by molar-refractivity contribution is -0.384. The minimum Gasteiger partial charge on any atom is -0.495 e. The number of urea groups is 1. The van der Waals surface area contributed by atoms with Crippen LogP contribution in [0.4, 0.5) is 16.2 Å². The highest BCUT2D eigenvalue weighted by molar-refractivity contribution is 6.10. The molecule has 1 heterocycles. The topological polar surface area (TPSA) is 131 Å². The van der Waals surface area contributed by atoms with Crippen LogP contribution in [0, 0.1) is 16.0 Å². The summed E-state index contributed by atoms with van der Waals surface area (Å²) in [6, 6.07) is 3.10. The first-order valence-electron chi connectivity index (χ1n) is 8.84. The molecule has 0 bridgehead atoms. The van der Waals surface area contributed by atoms with Crippen LogP contribution in [-0.4, -0.2) is 46.9 Å². The molecule has 1 unspecified atom stereocenters. The van der Waals surface area contributed by atoms with Crippen LogP contribution in [0.25, 0.3) is 0 Å². The van der Waals surface area contributed by atoms with Crippen molar-refractivity contribution in [3.05, 3.63) is 28.3 Å². The van der Waals surface area contributed by atoms with Crippen LogP contribution < -0.4 is 15.4 Å². The number of nitrogens with zero attached hydrogens (tertiary/aromatic N) is 2. The maximum absolute atomic E-state index is 12.7. The summed E-state index contributed by atoms with van der Waals surface area (Å²) in [5, 5.41) is 16.0. The van der Waals surface area contributed by atoms with Crippen LogP contribution in [0.3, 0.4) is 0 Å². The molecule has 0 aliphatic carbocycles. The molecule has 1 aromatic rings. The molecule has 152 valence electrons. The van der Waals surface area contributed by atoms with Crippen molar-refractivity contribution in [3.8, 4) is 5.75 Å². The van der Waals surface area contributed by atoms with Gasteiger partial charge in [0, 0.05) is 12.1 Å². The van der Waals surface area contributed by atoms with Gasteiger partial charge in [-0.25, -0.2) is 4.79 Å². The number of nitro benzene ring substituents is 1. The second kappa shape index (κ2) is 8.24. The van der Waals surface area contributed by atoms with Crippen molar-refractivity contribution in [2.24, 2.45) is 5.92 Å². The van der Waals surface area contributed by atoms with Crippen molar-refractivity contribution in [1.29, 1.82) is 0 Å². The largest absolute Gasteiger partial charge is 0.495 e. The number of hydrogen-bond acceptors (Lipinski definition) is 6. The molecule has 0 radical (unpaired) electrons. The molecule has 4 amide bonds. The number of non-ortho nitro benzene ring substituents is 1. The number of nitrogens with one attached hydrogen (secondary N) is 2. The molecule has 1 aliphatic heterocycles. The second-order valence-corrected chi connectivity index (χ2v) is 7.28. The highest BCUT2D eigenvalue weighted by Crippen LogP contribution is 2.29. The number of rotatable bonds is 8. The second-order valence-electron chi connectivity index (χ2n) is 7.28. The van der Waals surface area contributed by atoms with E-state index in [1.807, 2.05) is 13.8 Å². The summed E-state index contributed by atoms with van der Waals surface area (Å²) in [5.74, 6) is -0.562. The molecule has 0 aromatic heterocycles. The zero-order valence-electron chi connectivity index (χ0n) is 16.3. The number of carbonyl (C=O) groups excluding carboxylic acids is 3. The Kier molecular flexibility index (Phi) is 6.22. The van der Waals surface area contributed by atoms with Gasteiger partial charge in [-0.2, -0.15) is 0 Å². The molecule has 1 aliphatic rings. The van der Waals surface area contributed by atoms with E-state index in [9.17, 15) is 24.5 Å². The zero-order chi connectivity index (χ0) is 21.1. The van der Waals surface area contributed by atoms with E-state index in [0.29, 0.717) is 12.3 Å². The van der Waals surface area contributed by atoms with Crippen molar-refractivity contribution in [3.63, 3.8) is 0 Å². The Morgan fingerprint density at radius 2 is 2.07 bits per heavy atom. The number of benzene rings is 1. The number of hydrogen-bond donors (Lipinski definition) is 2. The molecular weight excluding hydrogens is 368 g/mol. The summed E-state index contributed by atoms with van der Waals surface area (Å²) >= 11 is 0. The molecule has 2 rings (SSSR count). The van der Waals surface area contributed by atoms with E-state index in [0.717, 1.165) is 17.4 Å². The van der Waals surface area contributed by atoms with E-state index >= 15 is 0 Å². The van der Waals surface area contributed by atoms with E-state index in [1.165, 1.54) is 19.2 Å². The fraction of sp³-hybridized carbons (Fsp3) is 0.500. The molecule has 1 atom stereocenters. The van der Waals surface area contributed by atoms with E-state index in [-0.39, 0.29) is 17.1 Å². The van der Waals surface area contributed by atoms with Crippen LogP contribution in [-0.2, 0) is 9.59 Å². The van der Waals surface area contributed by atoms with E-state index in [4.69, 9.17) is 4.74 Å². The molecule has 1 fully saturated rings. The number of imide groups is 1. The SMILES string of the molecule is COc1ccc([N+](=O)[O-])cc1NC(=O)CN1C(=O)NC(C)(CCC(C)C)C1=O. The summed E-state index contributed by atoms with van der Waals surface area (Å²) in [4.78, 5) is 48.4. The number of ether oxygens (including phenoxy) is 1. The van der Waals surface area contributed by atoms with Gasteiger partial charge in [-0.3, -0.25) is 24.6 Å². The first kappa shape index (κ1) is 21.1.